The lowest BCUT2D eigenvalue weighted by Crippen LogP contribution is -2.45. The SMILES string of the molecule is CCC(=O)N1CCC[C@@H](C(=O)NCc2csc(N3CCCC3)n2)C1. The van der Waals surface area contributed by atoms with Gasteiger partial charge in [-0.15, -0.1) is 11.3 Å². The number of anilines is 1. The van der Waals surface area contributed by atoms with Crippen molar-refractivity contribution in [2.24, 2.45) is 5.92 Å². The van der Waals surface area contributed by atoms with E-state index in [-0.39, 0.29) is 17.7 Å². The number of amides is 2. The number of carbonyl (C=O) groups excluding carboxylic acids is 2. The lowest BCUT2D eigenvalue weighted by atomic mass is 9.97. The van der Waals surface area contributed by atoms with Crippen molar-refractivity contribution in [3.05, 3.63) is 11.1 Å². The molecule has 1 aromatic heterocycles. The first-order valence-corrected chi connectivity index (χ1v) is 9.80. The van der Waals surface area contributed by atoms with Crippen molar-refractivity contribution in [1.82, 2.24) is 15.2 Å². The van der Waals surface area contributed by atoms with E-state index in [4.69, 9.17) is 0 Å². The number of nitrogens with zero attached hydrogens (tertiary/aromatic N) is 3. The van der Waals surface area contributed by atoms with Gasteiger partial charge in [0.15, 0.2) is 5.13 Å². The Balaban J connectivity index is 1.49. The molecule has 1 aromatic rings. The van der Waals surface area contributed by atoms with Gasteiger partial charge < -0.3 is 15.1 Å². The van der Waals surface area contributed by atoms with Gasteiger partial charge in [0.1, 0.15) is 0 Å². The van der Waals surface area contributed by atoms with Gasteiger partial charge in [-0.05, 0) is 25.7 Å². The first-order chi connectivity index (χ1) is 11.7. The largest absolute Gasteiger partial charge is 0.350 e. The second kappa shape index (κ2) is 7.96. The quantitative estimate of drug-likeness (QED) is 0.882. The van der Waals surface area contributed by atoms with E-state index in [0.717, 1.165) is 43.3 Å². The standard InChI is InChI=1S/C17H26N4O2S/c1-2-15(22)21-9-5-6-13(11-21)16(23)18-10-14-12-24-17(19-14)20-7-3-4-8-20/h12-13H,2-11H2,1H3,(H,18,23)/t13-/m1/s1. The Morgan fingerprint density at radius 3 is 2.83 bits per heavy atom. The van der Waals surface area contributed by atoms with Crippen molar-refractivity contribution < 1.29 is 9.59 Å². The summed E-state index contributed by atoms with van der Waals surface area (Å²) in [6.45, 7) is 5.84. The molecule has 2 aliphatic rings. The molecular formula is C17H26N4O2S. The molecule has 1 N–H and O–H groups in total. The van der Waals surface area contributed by atoms with Gasteiger partial charge in [0.25, 0.3) is 0 Å². The molecule has 3 heterocycles. The van der Waals surface area contributed by atoms with Crippen LogP contribution < -0.4 is 10.2 Å². The number of nitrogens with one attached hydrogen (secondary N) is 1. The summed E-state index contributed by atoms with van der Waals surface area (Å²) in [5.74, 6) is 0.0903. The van der Waals surface area contributed by atoms with Gasteiger partial charge in [-0.3, -0.25) is 9.59 Å². The van der Waals surface area contributed by atoms with E-state index in [1.54, 1.807) is 11.3 Å². The zero-order valence-electron chi connectivity index (χ0n) is 14.3. The maximum atomic E-state index is 12.4. The molecule has 2 saturated heterocycles. The van der Waals surface area contributed by atoms with E-state index >= 15 is 0 Å². The summed E-state index contributed by atoms with van der Waals surface area (Å²) in [5.41, 5.74) is 0.924. The Labute approximate surface area is 147 Å². The van der Waals surface area contributed by atoms with Crippen LogP contribution in [0.2, 0.25) is 0 Å². The van der Waals surface area contributed by atoms with Crippen LogP contribution in [0.25, 0.3) is 0 Å². The number of hydrogen-bond acceptors (Lipinski definition) is 5. The van der Waals surface area contributed by atoms with Gasteiger partial charge in [-0.1, -0.05) is 6.92 Å². The fourth-order valence-electron chi connectivity index (χ4n) is 3.39. The number of rotatable bonds is 5. The monoisotopic (exact) mass is 350 g/mol. The number of hydrogen-bond donors (Lipinski definition) is 1. The normalized spacial score (nSPS) is 21.1. The Hall–Kier alpha value is -1.63. The molecule has 1 atom stereocenters. The highest BCUT2D eigenvalue weighted by Crippen LogP contribution is 2.24. The van der Waals surface area contributed by atoms with E-state index in [2.05, 4.69) is 15.2 Å². The van der Waals surface area contributed by atoms with Gasteiger partial charge >= 0.3 is 0 Å². The summed E-state index contributed by atoms with van der Waals surface area (Å²) in [6.07, 6.45) is 4.74. The number of carbonyl (C=O) groups is 2. The Bertz CT molecular complexity index is 583. The summed E-state index contributed by atoms with van der Waals surface area (Å²) in [7, 11) is 0. The second-order valence-corrected chi connectivity index (χ2v) is 7.40. The maximum absolute atomic E-state index is 12.4. The molecule has 24 heavy (non-hydrogen) atoms. The third-order valence-corrected chi connectivity index (χ3v) is 5.76. The van der Waals surface area contributed by atoms with E-state index in [0.29, 0.717) is 19.5 Å². The fourth-order valence-corrected chi connectivity index (χ4v) is 4.27. The molecule has 0 saturated carbocycles. The first-order valence-electron chi connectivity index (χ1n) is 8.92. The maximum Gasteiger partial charge on any atom is 0.225 e. The van der Waals surface area contributed by atoms with Crippen LogP contribution in [0.15, 0.2) is 5.38 Å². The van der Waals surface area contributed by atoms with Crippen LogP contribution in [0.4, 0.5) is 5.13 Å². The minimum Gasteiger partial charge on any atom is -0.350 e. The predicted molar refractivity (Wildman–Crippen MR) is 95.0 cm³/mol. The molecule has 2 amide bonds. The topological polar surface area (TPSA) is 65.5 Å². The Morgan fingerprint density at radius 2 is 2.08 bits per heavy atom. The number of piperidine rings is 1. The zero-order valence-corrected chi connectivity index (χ0v) is 15.1. The molecule has 3 rings (SSSR count). The molecule has 132 valence electrons. The third kappa shape index (κ3) is 4.06. The lowest BCUT2D eigenvalue weighted by Gasteiger charge is -2.31. The van der Waals surface area contributed by atoms with E-state index < -0.39 is 0 Å². The van der Waals surface area contributed by atoms with Crippen molar-refractivity contribution in [2.75, 3.05) is 31.1 Å². The lowest BCUT2D eigenvalue weighted by molar-refractivity contribution is -0.135. The minimum atomic E-state index is -0.0917. The van der Waals surface area contributed by atoms with Gasteiger partial charge in [0.2, 0.25) is 11.8 Å². The van der Waals surface area contributed by atoms with E-state index in [1.165, 1.54) is 12.8 Å². The zero-order chi connectivity index (χ0) is 16.9. The summed E-state index contributed by atoms with van der Waals surface area (Å²) < 4.78 is 0. The molecule has 0 aromatic carbocycles. The summed E-state index contributed by atoms with van der Waals surface area (Å²) >= 11 is 1.65. The smallest absolute Gasteiger partial charge is 0.225 e. The first kappa shape index (κ1) is 17.2. The molecule has 2 fully saturated rings. The van der Waals surface area contributed by atoms with Crippen LogP contribution in [-0.2, 0) is 16.1 Å². The van der Waals surface area contributed by atoms with Gasteiger partial charge in [0.05, 0.1) is 18.2 Å². The average molecular weight is 350 g/mol. The number of aromatic nitrogens is 1. The molecule has 0 radical (unpaired) electrons. The van der Waals surface area contributed by atoms with Crippen molar-refractivity contribution in [2.45, 2.75) is 45.6 Å². The molecule has 6 nitrogen and oxygen atoms in total. The molecule has 0 spiro atoms. The van der Waals surface area contributed by atoms with Gasteiger partial charge in [0, 0.05) is 38.0 Å². The van der Waals surface area contributed by atoms with Crippen molar-refractivity contribution in [3.8, 4) is 0 Å². The van der Waals surface area contributed by atoms with Crippen LogP contribution >= 0.6 is 11.3 Å². The summed E-state index contributed by atoms with van der Waals surface area (Å²) in [6, 6.07) is 0. The average Bonchev–Trinajstić information content (AvgIpc) is 3.30. The number of thiazole rings is 1. The van der Waals surface area contributed by atoms with Crippen LogP contribution in [0.5, 0.6) is 0 Å². The highest BCUT2D eigenvalue weighted by molar-refractivity contribution is 7.13. The highest BCUT2D eigenvalue weighted by atomic mass is 32.1. The molecular weight excluding hydrogens is 324 g/mol. The predicted octanol–water partition coefficient (Wildman–Crippen LogP) is 2.01. The van der Waals surface area contributed by atoms with Crippen molar-refractivity contribution in [3.63, 3.8) is 0 Å². The summed E-state index contributed by atoms with van der Waals surface area (Å²) in [5, 5.41) is 6.09. The van der Waals surface area contributed by atoms with Crippen LogP contribution in [0, 0.1) is 5.92 Å². The van der Waals surface area contributed by atoms with Crippen LogP contribution in [0.3, 0.4) is 0 Å². The second-order valence-electron chi connectivity index (χ2n) is 6.57. The molecule has 0 bridgehead atoms. The molecule has 0 unspecified atom stereocenters. The van der Waals surface area contributed by atoms with Crippen molar-refractivity contribution >= 4 is 28.3 Å². The third-order valence-electron chi connectivity index (χ3n) is 4.81. The van der Waals surface area contributed by atoms with Crippen LogP contribution in [0.1, 0.15) is 44.7 Å². The Morgan fingerprint density at radius 1 is 1.29 bits per heavy atom. The molecule has 7 heteroatoms. The van der Waals surface area contributed by atoms with Gasteiger partial charge in [-0.2, -0.15) is 0 Å². The highest BCUT2D eigenvalue weighted by Gasteiger charge is 2.27. The minimum absolute atomic E-state index is 0.0410. The van der Waals surface area contributed by atoms with Crippen molar-refractivity contribution in [1.29, 1.82) is 0 Å². The van der Waals surface area contributed by atoms with E-state index in [9.17, 15) is 9.59 Å². The van der Waals surface area contributed by atoms with Crippen LogP contribution in [-0.4, -0.2) is 47.9 Å². The fraction of sp³-hybridized carbons (Fsp3) is 0.706. The Kier molecular flexibility index (Phi) is 5.71. The van der Waals surface area contributed by atoms with Gasteiger partial charge in [-0.25, -0.2) is 4.98 Å². The molecule has 2 aliphatic heterocycles. The number of likely N-dealkylation sites (tertiary alicyclic amines) is 1. The van der Waals surface area contributed by atoms with E-state index in [1.807, 2.05) is 17.2 Å². The summed E-state index contributed by atoms with van der Waals surface area (Å²) in [4.78, 5) is 33.0. The molecule has 0 aliphatic carbocycles.